The summed E-state index contributed by atoms with van der Waals surface area (Å²) < 4.78 is 0. The van der Waals surface area contributed by atoms with Gasteiger partial charge in [0.05, 0.1) is 6.07 Å². The molecule has 0 aromatic carbocycles. The zero-order valence-electron chi connectivity index (χ0n) is 7.31. The molecule has 0 radical (unpaired) electrons. The summed E-state index contributed by atoms with van der Waals surface area (Å²) in [7, 11) is 1.83. The molecule has 1 atom stereocenters. The van der Waals surface area contributed by atoms with Gasteiger partial charge in [0.1, 0.15) is 0 Å². The van der Waals surface area contributed by atoms with Crippen LogP contribution in [0.4, 0.5) is 0 Å². The molecule has 0 saturated heterocycles. The highest BCUT2D eigenvalue weighted by Gasteiger charge is 2.03. The summed E-state index contributed by atoms with van der Waals surface area (Å²) in [5, 5.41) is 11.7. The van der Waals surface area contributed by atoms with Gasteiger partial charge in [0.15, 0.2) is 0 Å². The van der Waals surface area contributed by atoms with Crippen LogP contribution in [0.1, 0.15) is 13.8 Å². The quantitative estimate of drug-likeness (QED) is 0.490. The second-order valence-electron chi connectivity index (χ2n) is 2.57. The smallest absolute Gasteiger partial charge is 0.0963 e. The number of rotatable bonds is 3. The summed E-state index contributed by atoms with van der Waals surface area (Å²) in [6.07, 6.45) is 1.79. The van der Waals surface area contributed by atoms with Crippen LogP contribution < -0.4 is 5.32 Å². The van der Waals surface area contributed by atoms with Crippen molar-refractivity contribution in [2.24, 2.45) is 0 Å². The second-order valence-corrected chi connectivity index (χ2v) is 2.57. The van der Waals surface area contributed by atoms with Crippen molar-refractivity contribution in [1.29, 1.82) is 5.26 Å². The van der Waals surface area contributed by atoms with E-state index in [1.165, 1.54) is 0 Å². The summed E-state index contributed by atoms with van der Waals surface area (Å²) >= 11 is 0. The van der Waals surface area contributed by atoms with E-state index in [2.05, 4.69) is 18.0 Å². The van der Waals surface area contributed by atoms with Crippen molar-refractivity contribution in [3.8, 4) is 6.07 Å². The maximum atomic E-state index is 8.68. The lowest BCUT2D eigenvalue weighted by atomic mass is 10.1. The summed E-state index contributed by atoms with van der Waals surface area (Å²) in [4.78, 5) is 0. The van der Waals surface area contributed by atoms with Crippen molar-refractivity contribution in [2.75, 3.05) is 7.05 Å². The normalized spacial score (nSPS) is 13.8. The Kier molecular flexibility index (Phi) is 4.24. The van der Waals surface area contributed by atoms with E-state index in [9.17, 15) is 0 Å². The van der Waals surface area contributed by atoms with Gasteiger partial charge >= 0.3 is 0 Å². The molecule has 0 aliphatic heterocycles. The fraction of sp³-hybridized carbons (Fsp3) is 0.444. The van der Waals surface area contributed by atoms with Crippen molar-refractivity contribution < 1.29 is 0 Å². The predicted molar refractivity (Wildman–Crippen MR) is 47.0 cm³/mol. The molecule has 0 spiro atoms. The fourth-order valence-corrected chi connectivity index (χ4v) is 0.675. The van der Waals surface area contributed by atoms with Gasteiger partial charge in [0.2, 0.25) is 0 Å². The third kappa shape index (κ3) is 3.59. The highest BCUT2D eigenvalue weighted by Crippen LogP contribution is 2.03. The van der Waals surface area contributed by atoms with E-state index in [-0.39, 0.29) is 6.04 Å². The summed E-state index contributed by atoms with van der Waals surface area (Å²) in [6, 6.07) is 2.23. The molecule has 2 nitrogen and oxygen atoms in total. The largest absolute Gasteiger partial charge is 0.313 e. The first kappa shape index (κ1) is 9.93. The van der Waals surface area contributed by atoms with Gasteiger partial charge in [-0.2, -0.15) is 5.26 Å². The van der Waals surface area contributed by atoms with Gasteiger partial charge in [0.25, 0.3) is 0 Å². The summed E-state index contributed by atoms with van der Waals surface area (Å²) in [5.41, 5.74) is 1.63. The zero-order valence-corrected chi connectivity index (χ0v) is 7.31. The van der Waals surface area contributed by atoms with E-state index in [1.807, 2.05) is 20.9 Å². The van der Waals surface area contributed by atoms with Crippen LogP contribution in [0.3, 0.4) is 0 Å². The van der Waals surface area contributed by atoms with Crippen molar-refractivity contribution in [3.05, 3.63) is 23.8 Å². The van der Waals surface area contributed by atoms with Gasteiger partial charge in [-0.25, -0.2) is 0 Å². The third-order valence-corrected chi connectivity index (χ3v) is 1.43. The Morgan fingerprint density at radius 3 is 2.55 bits per heavy atom. The van der Waals surface area contributed by atoms with E-state index < -0.39 is 0 Å². The lowest BCUT2D eigenvalue weighted by molar-refractivity contribution is 0.707. The molecule has 0 fully saturated rings. The Balaban J connectivity index is 4.43. The lowest BCUT2D eigenvalue weighted by Gasteiger charge is -2.07. The second kappa shape index (κ2) is 4.70. The van der Waals surface area contributed by atoms with Crippen molar-refractivity contribution >= 4 is 0 Å². The standard InChI is InChI=1S/C9H14N2/c1-7(2)5-9(6-10)8(3)11-4/h5,8,11H,1H2,2-4H3/b9-5-. The minimum atomic E-state index is 0.108. The molecule has 60 valence electrons. The molecular formula is C9H14N2. The monoisotopic (exact) mass is 150 g/mol. The van der Waals surface area contributed by atoms with E-state index in [0.717, 1.165) is 11.1 Å². The lowest BCUT2D eigenvalue weighted by Crippen LogP contribution is -2.22. The fourth-order valence-electron chi connectivity index (χ4n) is 0.675. The zero-order chi connectivity index (χ0) is 8.85. The minimum Gasteiger partial charge on any atom is -0.313 e. The number of allylic oxidation sites excluding steroid dienone is 2. The SMILES string of the molecule is C=C(C)/C=C(/C#N)C(C)NC. The first-order chi connectivity index (χ1) is 5.11. The number of nitrogens with zero attached hydrogens (tertiary/aromatic N) is 1. The Labute approximate surface area is 68.2 Å². The Morgan fingerprint density at radius 1 is 1.73 bits per heavy atom. The highest BCUT2D eigenvalue weighted by atomic mass is 14.9. The van der Waals surface area contributed by atoms with Gasteiger partial charge in [-0.1, -0.05) is 12.2 Å². The number of nitriles is 1. The average Bonchev–Trinajstić information content (AvgIpc) is 1.98. The summed E-state index contributed by atoms with van der Waals surface area (Å²) in [6.45, 7) is 7.52. The van der Waals surface area contributed by atoms with Crippen molar-refractivity contribution in [3.63, 3.8) is 0 Å². The van der Waals surface area contributed by atoms with Gasteiger partial charge in [0, 0.05) is 11.6 Å². The molecule has 1 unspecified atom stereocenters. The molecule has 0 aromatic heterocycles. The average molecular weight is 150 g/mol. The Morgan fingerprint density at radius 2 is 2.27 bits per heavy atom. The number of hydrogen-bond acceptors (Lipinski definition) is 2. The predicted octanol–water partition coefficient (Wildman–Crippen LogP) is 1.62. The highest BCUT2D eigenvalue weighted by molar-refractivity contribution is 5.32. The van der Waals surface area contributed by atoms with E-state index in [4.69, 9.17) is 5.26 Å². The molecule has 0 aliphatic rings. The van der Waals surface area contributed by atoms with Crippen molar-refractivity contribution in [1.82, 2.24) is 5.32 Å². The first-order valence-corrected chi connectivity index (χ1v) is 3.56. The van der Waals surface area contributed by atoms with Crippen molar-refractivity contribution in [2.45, 2.75) is 19.9 Å². The molecule has 1 N–H and O–H groups in total. The van der Waals surface area contributed by atoms with E-state index >= 15 is 0 Å². The molecule has 0 amide bonds. The van der Waals surface area contributed by atoms with Crippen LogP contribution in [0, 0.1) is 11.3 Å². The van der Waals surface area contributed by atoms with Crippen LogP contribution in [0.2, 0.25) is 0 Å². The number of hydrogen-bond donors (Lipinski definition) is 1. The molecule has 0 bridgehead atoms. The maximum absolute atomic E-state index is 8.68. The van der Waals surface area contributed by atoms with Crippen LogP contribution in [-0.4, -0.2) is 13.1 Å². The van der Waals surface area contributed by atoms with Crippen LogP contribution in [0.25, 0.3) is 0 Å². The number of nitrogens with one attached hydrogen (secondary N) is 1. The van der Waals surface area contributed by atoms with E-state index in [0.29, 0.717) is 0 Å². The summed E-state index contributed by atoms with van der Waals surface area (Å²) in [5.74, 6) is 0. The maximum Gasteiger partial charge on any atom is 0.0963 e. The van der Waals surface area contributed by atoms with Gasteiger partial charge in [-0.15, -0.1) is 0 Å². The topological polar surface area (TPSA) is 35.8 Å². The van der Waals surface area contributed by atoms with Crippen LogP contribution in [-0.2, 0) is 0 Å². The van der Waals surface area contributed by atoms with Gasteiger partial charge < -0.3 is 5.32 Å². The Hall–Kier alpha value is -1.07. The van der Waals surface area contributed by atoms with Gasteiger partial charge in [-0.3, -0.25) is 0 Å². The van der Waals surface area contributed by atoms with E-state index in [1.54, 1.807) is 6.08 Å². The van der Waals surface area contributed by atoms with Crippen LogP contribution >= 0.6 is 0 Å². The molecular weight excluding hydrogens is 136 g/mol. The van der Waals surface area contributed by atoms with Gasteiger partial charge in [-0.05, 0) is 27.0 Å². The van der Waals surface area contributed by atoms with Crippen LogP contribution in [0.5, 0.6) is 0 Å². The molecule has 0 aromatic rings. The molecule has 11 heavy (non-hydrogen) atoms. The third-order valence-electron chi connectivity index (χ3n) is 1.43. The molecule has 2 heteroatoms. The molecule has 0 rings (SSSR count). The molecule has 0 aliphatic carbocycles. The molecule has 0 heterocycles. The van der Waals surface area contributed by atoms with Crippen LogP contribution in [0.15, 0.2) is 23.8 Å². The minimum absolute atomic E-state index is 0.108. The first-order valence-electron chi connectivity index (χ1n) is 3.56. The number of likely N-dealkylation sites (N-methyl/N-ethyl adjacent to an activating group) is 1. The Bertz CT molecular complexity index is 208. The molecule has 0 saturated carbocycles.